The quantitative estimate of drug-likeness (QED) is 0.851. The summed E-state index contributed by atoms with van der Waals surface area (Å²) >= 11 is 0. The van der Waals surface area contributed by atoms with Gasteiger partial charge in [0, 0.05) is 52.6 Å². The first-order chi connectivity index (χ1) is 9.23. The fourth-order valence-electron chi connectivity index (χ4n) is 2.78. The van der Waals surface area contributed by atoms with E-state index in [1.165, 1.54) is 0 Å². The summed E-state index contributed by atoms with van der Waals surface area (Å²) in [5, 5.41) is 3.61. The van der Waals surface area contributed by atoms with Crippen molar-refractivity contribution in [3.63, 3.8) is 0 Å². The number of methoxy groups -OCH3 is 1. The van der Waals surface area contributed by atoms with Crippen LogP contribution in [0.25, 0.3) is 0 Å². The molecule has 5 heteroatoms. The highest BCUT2D eigenvalue weighted by Gasteiger charge is 2.43. The second-order valence-corrected chi connectivity index (χ2v) is 5.16. The molecule has 0 aliphatic carbocycles. The van der Waals surface area contributed by atoms with Gasteiger partial charge in [0.2, 0.25) is 0 Å². The maximum Gasteiger partial charge on any atom is 0.128 e. The molecule has 2 heterocycles. The molecule has 5 nitrogen and oxygen atoms in total. The minimum Gasteiger partial charge on any atom is -0.381 e. The fraction of sp³-hybridized carbons (Fsp3) is 0.786. The molecule has 2 rings (SSSR count). The van der Waals surface area contributed by atoms with Crippen molar-refractivity contribution in [2.75, 3.05) is 26.9 Å². The zero-order valence-corrected chi connectivity index (χ0v) is 12.2. The lowest BCUT2D eigenvalue weighted by molar-refractivity contribution is -0.113. The van der Waals surface area contributed by atoms with Gasteiger partial charge in [0.1, 0.15) is 5.82 Å². The molecule has 0 spiro atoms. The number of ether oxygens (including phenoxy) is 2. The number of imidazole rings is 1. The van der Waals surface area contributed by atoms with E-state index in [0.717, 1.165) is 44.8 Å². The summed E-state index contributed by atoms with van der Waals surface area (Å²) in [6, 6.07) is 0.112. The van der Waals surface area contributed by atoms with Crippen molar-refractivity contribution < 1.29 is 9.47 Å². The Morgan fingerprint density at radius 3 is 2.79 bits per heavy atom. The molecule has 1 aromatic rings. The van der Waals surface area contributed by atoms with Gasteiger partial charge >= 0.3 is 0 Å². The van der Waals surface area contributed by atoms with Gasteiger partial charge in [-0.3, -0.25) is 0 Å². The number of aryl methyl sites for hydroxylation is 1. The molecule has 0 bridgehead atoms. The zero-order valence-electron chi connectivity index (χ0n) is 12.2. The first-order valence-electron chi connectivity index (χ1n) is 7.07. The highest BCUT2D eigenvalue weighted by atomic mass is 16.5. The third kappa shape index (κ3) is 2.99. The van der Waals surface area contributed by atoms with Crippen LogP contribution in [0.2, 0.25) is 0 Å². The SMILES string of the molecule is CCCNC(c1nccn1C)C1(OC)CCOCC1. The van der Waals surface area contributed by atoms with Gasteiger partial charge in [0.05, 0.1) is 11.6 Å². The van der Waals surface area contributed by atoms with Crippen LogP contribution in [0.1, 0.15) is 38.1 Å². The molecule has 1 N–H and O–H groups in total. The lowest BCUT2D eigenvalue weighted by atomic mass is 9.85. The van der Waals surface area contributed by atoms with Crippen molar-refractivity contribution in [3.05, 3.63) is 18.2 Å². The van der Waals surface area contributed by atoms with Crippen molar-refractivity contribution in [2.45, 2.75) is 37.8 Å². The minimum atomic E-state index is -0.216. The van der Waals surface area contributed by atoms with Crippen molar-refractivity contribution in [2.24, 2.45) is 7.05 Å². The smallest absolute Gasteiger partial charge is 0.128 e. The van der Waals surface area contributed by atoms with Crippen LogP contribution in [0, 0.1) is 0 Å². The van der Waals surface area contributed by atoms with Crippen LogP contribution in [0.4, 0.5) is 0 Å². The van der Waals surface area contributed by atoms with Gasteiger partial charge in [-0.2, -0.15) is 0 Å². The maximum absolute atomic E-state index is 5.92. The molecule has 108 valence electrons. The fourth-order valence-corrected chi connectivity index (χ4v) is 2.78. The van der Waals surface area contributed by atoms with E-state index in [9.17, 15) is 0 Å². The minimum absolute atomic E-state index is 0.112. The number of hydrogen-bond donors (Lipinski definition) is 1. The largest absolute Gasteiger partial charge is 0.381 e. The van der Waals surface area contributed by atoms with Crippen molar-refractivity contribution in [3.8, 4) is 0 Å². The van der Waals surface area contributed by atoms with E-state index in [2.05, 4.69) is 21.8 Å². The van der Waals surface area contributed by atoms with Gasteiger partial charge in [-0.1, -0.05) is 6.92 Å². The number of rotatable bonds is 6. The molecule has 1 fully saturated rings. The van der Waals surface area contributed by atoms with Crippen LogP contribution < -0.4 is 5.32 Å². The van der Waals surface area contributed by atoms with Gasteiger partial charge in [-0.25, -0.2) is 4.98 Å². The van der Waals surface area contributed by atoms with Crippen LogP contribution in [0.15, 0.2) is 12.4 Å². The Hall–Kier alpha value is -0.910. The summed E-state index contributed by atoms with van der Waals surface area (Å²) in [6.07, 6.45) is 6.73. The van der Waals surface area contributed by atoms with Crippen LogP contribution in [0.5, 0.6) is 0 Å². The highest BCUT2D eigenvalue weighted by molar-refractivity contribution is 5.08. The van der Waals surface area contributed by atoms with E-state index < -0.39 is 0 Å². The first kappa shape index (κ1) is 14.5. The van der Waals surface area contributed by atoms with Gasteiger partial charge in [-0.15, -0.1) is 0 Å². The standard InChI is InChI=1S/C14H25N3O2/c1-4-7-15-12(13-16-8-9-17(13)2)14(18-3)5-10-19-11-6-14/h8-9,12,15H,4-7,10-11H2,1-3H3. The summed E-state index contributed by atoms with van der Waals surface area (Å²) in [7, 11) is 3.83. The Morgan fingerprint density at radius 2 is 2.26 bits per heavy atom. The Labute approximate surface area is 115 Å². The molecular weight excluding hydrogens is 242 g/mol. The summed E-state index contributed by atoms with van der Waals surface area (Å²) in [6.45, 7) is 4.64. The van der Waals surface area contributed by atoms with E-state index in [0.29, 0.717) is 0 Å². The van der Waals surface area contributed by atoms with Crippen molar-refractivity contribution in [1.29, 1.82) is 0 Å². The van der Waals surface area contributed by atoms with Crippen molar-refractivity contribution in [1.82, 2.24) is 14.9 Å². The Kier molecular flexibility index (Phi) is 4.96. The second-order valence-electron chi connectivity index (χ2n) is 5.16. The molecule has 1 aliphatic rings. The van der Waals surface area contributed by atoms with Gasteiger partial charge in [0.15, 0.2) is 0 Å². The lowest BCUT2D eigenvalue weighted by Crippen LogP contribution is -2.50. The first-order valence-corrected chi connectivity index (χ1v) is 7.07. The van der Waals surface area contributed by atoms with E-state index in [-0.39, 0.29) is 11.6 Å². The summed E-state index contributed by atoms with van der Waals surface area (Å²) in [5.41, 5.74) is -0.216. The van der Waals surface area contributed by atoms with E-state index in [1.54, 1.807) is 7.11 Å². The molecule has 19 heavy (non-hydrogen) atoms. The molecule has 0 saturated carbocycles. The number of hydrogen-bond acceptors (Lipinski definition) is 4. The molecule has 1 aliphatic heterocycles. The predicted octanol–water partition coefficient (Wildman–Crippen LogP) is 1.66. The van der Waals surface area contributed by atoms with Crippen molar-refractivity contribution >= 4 is 0 Å². The predicted molar refractivity (Wildman–Crippen MR) is 74.0 cm³/mol. The summed E-state index contributed by atoms with van der Waals surface area (Å²) in [5.74, 6) is 1.04. The molecular formula is C14H25N3O2. The monoisotopic (exact) mass is 267 g/mol. The topological polar surface area (TPSA) is 48.3 Å². The van der Waals surface area contributed by atoms with E-state index in [4.69, 9.17) is 9.47 Å². The lowest BCUT2D eigenvalue weighted by Gasteiger charge is -2.42. The van der Waals surface area contributed by atoms with Gasteiger partial charge < -0.3 is 19.4 Å². The average Bonchev–Trinajstić information content (AvgIpc) is 2.86. The number of nitrogens with one attached hydrogen (secondary N) is 1. The Balaban J connectivity index is 2.27. The molecule has 1 saturated heterocycles. The molecule has 1 atom stereocenters. The molecule has 1 unspecified atom stereocenters. The summed E-state index contributed by atoms with van der Waals surface area (Å²) in [4.78, 5) is 4.52. The van der Waals surface area contributed by atoms with Crippen LogP contribution in [-0.2, 0) is 16.5 Å². The van der Waals surface area contributed by atoms with Crippen LogP contribution in [0.3, 0.4) is 0 Å². The van der Waals surface area contributed by atoms with E-state index >= 15 is 0 Å². The van der Waals surface area contributed by atoms with Gasteiger partial charge in [-0.05, 0) is 13.0 Å². The van der Waals surface area contributed by atoms with E-state index in [1.807, 2.05) is 19.4 Å². The molecule has 1 aromatic heterocycles. The third-order valence-corrected chi connectivity index (χ3v) is 3.99. The average molecular weight is 267 g/mol. The maximum atomic E-state index is 5.92. The Bertz CT molecular complexity index is 386. The van der Waals surface area contributed by atoms with Crippen LogP contribution >= 0.6 is 0 Å². The molecule has 0 aromatic carbocycles. The Morgan fingerprint density at radius 1 is 1.53 bits per heavy atom. The second kappa shape index (κ2) is 6.50. The zero-order chi connectivity index (χ0) is 13.7. The third-order valence-electron chi connectivity index (χ3n) is 3.99. The number of nitrogens with zero attached hydrogens (tertiary/aromatic N) is 2. The van der Waals surface area contributed by atoms with Crippen LogP contribution in [-0.4, -0.2) is 42.0 Å². The molecule has 0 radical (unpaired) electrons. The molecule has 0 amide bonds. The number of aromatic nitrogens is 2. The highest BCUT2D eigenvalue weighted by Crippen LogP contribution is 2.36. The summed E-state index contributed by atoms with van der Waals surface area (Å²) < 4.78 is 13.5. The van der Waals surface area contributed by atoms with Gasteiger partial charge in [0.25, 0.3) is 0 Å². The normalized spacial score (nSPS) is 20.4.